The molecule has 5 nitrogen and oxygen atoms in total. The Morgan fingerprint density at radius 3 is 2.63 bits per heavy atom. The van der Waals surface area contributed by atoms with E-state index in [-0.39, 0.29) is 17.7 Å². The summed E-state index contributed by atoms with van der Waals surface area (Å²) in [6, 6.07) is 10.7. The van der Waals surface area contributed by atoms with Gasteiger partial charge in [0.15, 0.2) is 11.5 Å². The minimum absolute atomic E-state index is 0.187. The van der Waals surface area contributed by atoms with Crippen LogP contribution in [0.3, 0.4) is 0 Å². The first-order chi connectivity index (χ1) is 12.9. The van der Waals surface area contributed by atoms with Crippen LogP contribution in [0, 0.1) is 3.57 Å². The van der Waals surface area contributed by atoms with Gasteiger partial charge in [0.25, 0.3) is 11.1 Å². The largest absolute Gasteiger partial charge is 0.493 e. The van der Waals surface area contributed by atoms with E-state index in [1.165, 1.54) is 4.90 Å². The molecule has 1 aliphatic rings. The zero-order chi connectivity index (χ0) is 19.6. The number of ether oxygens (including phenoxy) is 2. The molecule has 2 aromatic rings. The van der Waals surface area contributed by atoms with Crippen LogP contribution in [-0.2, 0) is 11.3 Å². The fraction of sp³-hybridized carbons (Fsp3) is 0.158. The standard InChI is InChI=1S/C19H15ClINO4S/c1-25-15-8-12(7-14(21)17(15)26-2)9-16-18(23)22(19(24)27-16)10-11-4-3-5-13(20)6-11/h3-9H,10H2,1-2H3/b16-9-. The van der Waals surface area contributed by atoms with E-state index in [1.54, 1.807) is 44.6 Å². The first kappa shape index (κ1) is 20.0. The van der Waals surface area contributed by atoms with Crippen LogP contribution in [0.4, 0.5) is 4.79 Å². The average Bonchev–Trinajstić information content (AvgIpc) is 2.88. The quantitative estimate of drug-likeness (QED) is 0.405. The predicted octanol–water partition coefficient (Wildman–Crippen LogP) is 5.20. The normalized spacial score (nSPS) is 15.6. The van der Waals surface area contributed by atoms with E-state index in [1.807, 2.05) is 12.1 Å². The Kier molecular flexibility index (Phi) is 6.33. The van der Waals surface area contributed by atoms with E-state index in [0.29, 0.717) is 21.4 Å². The van der Waals surface area contributed by atoms with E-state index in [2.05, 4.69) is 22.6 Å². The lowest BCUT2D eigenvalue weighted by molar-refractivity contribution is -0.123. The Labute approximate surface area is 179 Å². The van der Waals surface area contributed by atoms with Crippen LogP contribution < -0.4 is 9.47 Å². The van der Waals surface area contributed by atoms with Crippen molar-refractivity contribution in [1.29, 1.82) is 0 Å². The number of methoxy groups -OCH3 is 2. The summed E-state index contributed by atoms with van der Waals surface area (Å²) in [6.07, 6.45) is 1.69. The Morgan fingerprint density at radius 2 is 1.96 bits per heavy atom. The summed E-state index contributed by atoms with van der Waals surface area (Å²) in [6.45, 7) is 0.187. The fourth-order valence-corrected chi connectivity index (χ4v) is 4.52. The third-order valence-corrected chi connectivity index (χ3v) is 5.80. The number of imide groups is 1. The van der Waals surface area contributed by atoms with Gasteiger partial charge in [-0.05, 0) is 75.8 Å². The van der Waals surface area contributed by atoms with Crippen molar-refractivity contribution in [2.45, 2.75) is 6.54 Å². The number of hydrogen-bond acceptors (Lipinski definition) is 5. The maximum atomic E-state index is 12.7. The molecule has 0 aromatic heterocycles. The summed E-state index contributed by atoms with van der Waals surface area (Å²) in [5, 5.41) is 0.260. The van der Waals surface area contributed by atoms with E-state index >= 15 is 0 Å². The molecule has 2 amide bonds. The van der Waals surface area contributed by atoms with Crippen LogP contribution in [-0.4, -0.2) is 30.3 Å². The number of carbonyl (C=O) groups is 2. The predicted molar refractivity (Wildman–Crippen MR) is 115 cm³/mol. The molecule has 1 fully saturated rings. The van der Waals surface area contributed by atoms with Crippen molar-refractivity contribution in [3.8, 4) is 11.5 Å². The molecule has 27 heavy (non-hydrogen) atoms. The molecule has 0 bridgehead atoms. The van der Waals surface area contributed by atoms with Crippen LogP contribution in [0.2, 0.25) is 5.02 Å². The van der Waals surface area contributed by atoms with Gasteiger partial charge in [-0.1, -0.05) is 23.7 Å². The molecule has 0 aliphatic carbocycles. The van der Waals surface area contributed by atoms with Gasteiger partial charge < -0.3 is 9.47 Å². The molecule has 8 heteroatoms. The topological polar surface area (TPSA) is 55.8 Å². The van der Waals surface area contributed by atoms with Crippen molar-refractivity contribution in [3.63, 3.8) is 0 Å². The van der Waals surface area contributed by atoms with Gasteiger partial charge in [0.1, 0.15) is 0 Å². The first-order valence-corrected chi connectivity index (χ1v) is 10.1. The number of rotatable bonds is 5. The molecular formula is C19H15ClINO4S. The Bertz CT molecular complexity index is 947. The highest BCUT2D eigenvalue weighted by molar-refractivity contribution is 14.1. The number of amides is 2. The van der Waals surface area contributed by atoms with Crippen LogP contribution in [0.5, 0.6) is 11.5 Å². The van der Waals surface area contributed by atoms with Crippen LogP contribution >= 0.6 is 46.0 Å². The molecule has 0 radical (unpaired) electrons. The average molecular weight is 516 g/mol. The van der Waals surface area contributed by atoms with E-state index in [0.717, 1.165) is 26.5 Å². The summed E-state index contributed by atoms with van der Waals surface area (Å²) in [5.41, 5.74) is 1.55. The van der Waals surface area contributed by atoms with Gasteiger partial charge >= 0.3 is 0 Å². The Morgan fingerprint density at radius 1 is 1.19 bits per heavy atom. The van der Waals surface area contributed by atoms with Crippen LogP contribution in [0.15, 0.2) is 41.3 Å². The summed E-state index contributed by atoms with van der Waals surface area (Å²) in [4.78, 5) is 26.6. The third kappa shape index (κ3) is 4.41. The highest BCUT2D eigenvalue weighted by atomic mass is 127. The first-order valence-electron chi connectivity index (χ1n) is 7.84. The van der Waals surface area contributed by atoms with Crippen molar-refractivity contribution >= 4 is 63.2 Å². The lowest BCUT2D eigenvalue weighted by atomic mass is 10.1. The summed E-state index contributed by atoms with van der Waals surface area (Å²) < 4.78 is 11.5. The van der Waals surface area contributed by atoms with E-state index < -0.39 is 0 Å². The lowest BCUT2D eigenvalue weighted by Crippen LogP contribution is -2.27. The highest BCUT2D eigenvalue weighted by Crippen LogP contribution is 2.37. The van der Waals surface area contributed by atoms with Gasteiger partial charge in [0, 0.05) is 5.02 Å². The molecule has 1 aliphatic heterocycles. The highest BCUT2D eigenvalue weighted by Gasteiger charge is 2.35. The number of halogens is 2. The molecule has 140 valence electrons. The number of nitrogens with zero attached hydrogens (tertiary/aromatic N) is 1. The van der Waals surface area contributed by atoms with E-state index in [4.69, 9.17) is 21.1 Å². The van der Waals surface area contributed by atoms with Crippen molar-refractivity contribution in [1.82, 2.24) is 4.90 Å². The van der Waals surface area contributed by atoms with Gasteiger partial charge in [0.05, 0.1) is 29.2 Å². The molecule has 1 saturated heterocycles. The van der Waals surface area contributed by atoms with E-state index in [9.17, 15) is 9.59 Å². The molecule has 0 atom stereocenters. The zero-order valence-corrected chi connectivity index (χ0v) is 18.2. The molecule has 0 saturated carbocycles. The van der Waals surface area contributed by atoms with Gasteiger partial charge in [-0.25, -0.2) is 0 Å². The second-order valence-electron chi connectivity index (χ2n) is 5.64. The summed E-state index contributed by atoms with van der Waals surface area (Å²) >= 11 is 9.04. The monoisotopic (exact) mass is 515 g/mol. The minimum Gasteiger partial charge on any atom is -0.493 e. The molecule has 0 spiro atoms. The summed E-state index contributed by atoms with van der Waals surface area (Å²) in [5.74, 6) is 0.868. The number of carbonyl (C=O) groups excluding carboxylic acids is 2. The SMILES string of the molecule is COc1cc(/C=C2\SC(=O)N(Cc3cccc(Cl)c3)C2=O)cc(I)c1OC. The molecule has 3 rings (SSSR count). The molecule has 1 heterocycles. The molecule has 2 aromatic carbocycles. The van der Waals surface area contributed by atoms with Crippen molar-refractivity contribution in [2.24, 2.45) is 0 Å². The van der Waals surface area contributed by atoms with Crippen LogP contribution in [0.25, 0.3) is 6.08 Å². The van der Waals surface area contributed by atoms with Crippen molar-refractivity contribution in [3.05, 3.63) is 61.0 Å². The molecular weight excluding hydrogens is 501 g/mol. The Hall–Kier alpha value is -1.71. The second-order valence-corrected chi connectivity index (χ2v) is 8.23. The van der Waals surface area contributed by atoms with Crippen molar-refractivity contribution < 1.29 is 19.1 Å². The second kappa shape index (κ2) is 8.53. The smallest absolute Gasteiger partial charge is 0.293 e. The minimum atomic E-state index is -0.324. The van der Waals surface area contributed by atoms with Gasteiger partial charge in [-0.3, -0.25) is 14.5 Å². The van der Waals surface area contributed by atoms with Crippen LogP contribution in [0.1, 0.15) is 11.1 Å². The fourth-order valence-electron chi connectivity index (χ4n) is 2.63. The molecule has 0 N–H and O–H groups in total. The number of thioether (sulfide) groups is 1. The molecule has 0 unspecified atom stereocenters. The zero-order valence-electron chi connectivity index (χ0n) is 14.5. The Balaban J connectivity index is 1.87. The number of benzene rings is 2. The number of hydrogen-bond donors (Lipinski definition) is 0. The van der Waals surface area contributed by atoms with Gasteiger partial charge in [0.2, 0.25) is 0 Å². The third-order valence-electron chi connectivity index (χ3n) is 3.86. The maximum Gasteiger partial charge on any atom is 0.293 e. The van der Waals surface area contributed by atoms with Crippen molar-refractivity contribution in [2.75, 3.05) is 14.2 Å². The lowest BCUT2D eigenvalue weighted by Gasteiger charge is -2.12. The van der Waals surface area contributed by atoms with Gasteiger partial charge in [-0.15, -0.1) is 0 Å². The maximum absolute atomic E-state index is 12.7. The van der Waals surface area contributed by atoms with Gasteiger partial charge in [-0.2, -0.15) is 0 Å². The summed E-state index contributed by atoms with van der Waals surface area (Å²) in [7, 11) is 3.12.